The Bertz CT molecular complexity index is 845. The van der Waals surface area contributed by atoms with Gasteiger partial charge in [-0.3, -0.25) is 10.1 Å². The van der Waals surface area contributed by atoms with Gasteiger partial charge in [0, 0.05) is 6.42 Å². The van der Waals surface area contributed by atoms with Crippen LogP contribution in [0.2, 0.25) is 0 Å². The van der Waals surface area contributed by atoms with Crippen LogP contribution in [0.4, 0.5) is 5.13 Å². The maximum Gasteiger partial charge on any atom is 0.264 e. The largest absolute Gasteiger partial charge is 0.484 e. The predicted octanol–water partition coefficient (Wildman–Crippen LogP) is 3.91. The summed E-state index contributed by atoms with van der Waals surface area (Å²) in [5, 5.41) is 14.4. The van der Waals surface area contributed by atoms with E-state index in [0.29, 0.717) is 16.8 Å². The number of hydrogen-bond donors (Lipinski definition) is 1. The van der Waals surface area contributed by atoms with Crippen LogP contribution >= 0.6 is 11.3 Å². The molecule has 0 aliphatic carbocycles. The first-order valence-corrected chi connectivity index (χ1v) is 8.65. The first-order valence-electron chi connectivity index (χ1n) is 7.84. The van der Waals surface area contributed by atoms with Crippen LogP contribution in [0.25, 0.3) is 10.8 Å². The van der Waals surface area contributed by atoms with E-state index in [1.807, 2.05) is 42.5 Å². The molecule has 3 aromatic rings. The summed E-state index contributed by atoms with van der Waals surface area (Å²) >= 11 is 1.40. The summed E-state index contributed by atoms with van der Waals surface area (Å²) in [7, 11) is 0. The lowest BCUT2D eigenvalue weighted by Gasteiger charge is -2.06. The van der Waals surface area contributed by atoms with Crippen molar-refractivity contribution < 1.29 is 9.53 Å². The Morgan fingerprint density at radius 1 is 1.17 bits per heavy atom. The van der Waals surface area contributed by atoms with Crippen LogP contribution in [0.5, 0.6) is 5.75 Å². The van der Waals surface area contributed by atoms with Crippen molar-refractivity contribution >= 4 is 33.1 Å². The van der Waals surface area contributed by atoms with Crippen LogP contribution in [0, 0.1) is 5.92 Å². The molecule has 3 rings (SSSR count). The third-order valence-electron chi connectivity index (χ3n) is 3.39. The second-order valence-electron chi connectivity index (χ2n) is 5.94. The van der Waals surface area contributed by atoms with Gasteiger partial charge in [-0.2, -0.15) is 0 Å². The number of benzene rings is 2. The van der Waals surface area contributed by atoms with Crippen molar-refractivity contribution in [2.45, 2.75) is 20.3 Å². The number of aromatic nitrogens is 2. The Morgan fingerprint density at radius 3 is 2.75 bits per heavy atom. The molecule has 2 aromatic carbocycles. The fraction of sp³-hybridized carbons (Fsp3) is 0.278. The van der Waals surface area contributed by atoms with E-state index < -0.39 is 0 Å². The van der Waals surface area contributed by atoms with Gasteiger partial charge in [0.1, 0.15) is 10.8 Å². The van der Waals surface area contributed by atoms with Gasteiger partial charge in [0.25, 0.3) is 5.91 Å². The van der Waals surface area contributed by atoms with Gasteiger partial charge in [-0.1, -0.05) is 55.5 Å². The summed E-state index contributed by atoms with van der Waals surface area (Å²) in [4.78, 5) is 12.0. The molecular weight excluding hydrogens is 322 g/mol. The zero-order valence-electron chi connectivity index (χ0n) is 13.7. The van der Waals surface area contributed by atoms with E-state index in [1.165, 1.54) is 11.3 Å². The molecule has 0 saturated carbocycles. The summed E-state index contributed by atoms with van der Waals surface area (Å²) in [5.74, 6) is 0.940. The number of amides is 1. The summed E-state index contributed by atoms with van der Waals surface area (Å²) in [6.07, 6.45) is 0.862. The molecule has 5 nitrogen and oxygen atoms in total. The number of hydrogen-bond acceptors (Lipinski definition) is 5. The molecule has 0 atom stereocenters. The van der Waals surface area contributed by atoms with Gasteiger partial charge in [-0.15, -0.1) is 10.2 Å². The van der Waals surface area contributed by atoms with Crippen molar-refractivity contribution in [1.82, 2.24) is 10.2 Å². The van der Waals surface area contributed by atoms with E-state index in [-0.39, 0.29) is 12.5 Å². The maximum atomic E-state index is 12.0. The molecular formula is C18H19N3O2S. The van der Waals surface area contributed by atoms with Crippen molar-refractivity contribution in [3.05, 3.63) is 47.5 Å². The number of anilines is 1. The highest BCUT2D eigenvalue weighted by Gasteiger charge is 2.10. The molecule has 124 valence electrons. The van der Waals surface area contributed by atoms with Gasteiger partial charge in [0.05, 0.1) is 0 Å². The second kappa shape index (κ2) is 7.40. The minimum Gasteiger partial charge on any atom is -0.484 e. The Labute approximate surface area is 144 Å². The second-order valence-corrected chi connectivity index (χ2v) is 7.01. The van der Waals surface area contributed by atoms with E-state index in [0.717, 1.165) is 22.2 Å². The van der Waals surface area contributed by atoms with Crippen molar-refractivity contribution in [2.24, 2.45) is 5.92 Å². The Morgan fingerprint density at radius 2 is 1.96 bits per heavy atom. The molecule has 0 aliphatic rings. The van der Waals surface area contributed by atoms with Gasteiger partial charge < -0.3 is 4.74 Å². The summed E-state index contributed by atoms with van der Waals surface area (Å²) in [5.41, 5.74) is 0. The van der Waals surface area contributed by atoms with Crippen molar-refractivity contribution in [3.8, 4) is 5.75 Å². The van der Waals surface area contributed by atoms with Gasteiger partial charge in [0.15, 0.2) is 6.61 Å². The fourth-order valence-electron chi connectivity index (χ4n) is 2.30. The number of nitrogens with zero attached hydrogens (tertiary/aromatic N) is 2. The lowest BCUT2D eigenvalue weighted by atomic mass is 10.1. The highest BCUT2D eigenvalue weighted by atomic mass is 32.1. The average molecular weight is 341 g/mol. The molecule has 24 heavy (non-hydrogen) atoms. The molecule has 6 heteroatoms. The average Bonchev–Trinajstić information content (AvgIpc) is 2.99. The van der Waals surface area contributed by atoms with Crippen LogP contribution in [0.1, 0.15) is 18.9 Å². The normalized spacial score (nSPS) is 11.0. The van der Waals surface area contributed by atoms with E-state index in [9.17, 15) is 4.79 Å². The van der Waals surface area contributed by atoms with Crippen molar-refractivity contribution in [2.75, 3.05) is 11.9 Å². The molecule has 0 unspecified atom stereocenters. The van der Waals surface area contributed by atoms with E-state index in [4.69, 9.17) is 4.74 Å². The minimum atomic E-state index is -0.240. The molecule has 0 fully saturated rings. The van der Waals surface area contributed by atoms with Crippen LogP contribution in [0.15, 0.2) is 42.5 Å². The minimum absolute atomic E-state index is 0.0581. The summed E-state index contributed by atoms with van der Waals surface area (Å²) in [6, 6.07) is 13.8. The maximum absolute atomic E-state index is 12.0. The zero-order valence-corrected chi connectivity index (χ0v) is 14.5. The first kappa shape index (κ1) is 16.4. The van der Waals surface area contributed by atoms with E-state index >= 15 is 0 Å². The molecule has 0 saturated heterocycles. The quantitative estimate of drug-likeness (QED) is 0.738. The highest BCUT2D eigenvalue weighted by molar-refractivity contribution is 7.15. The number of carbonyl (C=O) groups excluding carboxylic acids is 1. The standard InChI is InChI=1S/C18H19N3O2S/c1-12(2)9-17-20-21-18(24-17)19-16(22)11-23-15-8-7-13-5-3-4-6-14(13)10-15/h3-8,10,12H,9,11H2,1-2H3,(H,19,21,22). The number of ether oxygens (including phenoxy) is 1. The van der Waals surface area contributed by atoms with Gasteiger partial charge in [0.2, 0.25) is 5.13 Å². The van der Waals surface area contributed by atoms with Crippen LogP contribution in [0.3, 0.4) is 0 Å². The van der Waals surface area contributed by atoms with Gasteiger partial charge >= 0.3 is 0 Å². The Balaban J connectivity index is 1.55. The predicted molar refractivity (Wildman–Crippen MR) is 96.5 cm³/mol. The lowest BCUT2D eigenvalue weighted by molar-refractivity contribution is -0.118. The molecule has 1 aromatic heterocycles. The van der Waals surface area contributed by atoms with Crippen molar-refractivity contribution in [1.29, 1.82) is 0 Å². The fourth-order valence-corrected chi connectivity index (χ4v) is 3.27. The van der Waals surface area contributed by atoms with Crippen LogP contribution in [-0.2, 0) is 11.2 Å². The number of carbonyl (C=O) groups is 1. The number of fused-ring (bicyclic) bond motifs is 1. The lowest BCUT2D eigenvalue weighted by Crippen LogP contribution is -2.20. The van der Waals surface area contributed by atoms with Gasteiger partial charge in [-0.25, -0.2) is 0 Å². The monoisotopic (exact) mass is 341 g/mol. The number of nitrogens with one attached hydrogen (secondary N) is 1. The molecule has 1 heterocycles. The zero-order chi connectivity index (χ0) is 16.9. The third-order valence-corrected chi connectivity index (χ3v) is 4.25. The highest BCUT2D eigenvalue weighted by Crippen LogP contribution is 2.21. The molecule has 0 spiro atoms. The summed E-state index contributed by atoms with van der Waals surface area (Å²) in [6.45, 7) is 4.19. The number of rotatable bonds is 6. The van der Waals surface area contributed by atoms with Crippen LogP contribution in [-0.4, -0.2) is 22.7 Å². The Hall–Kier alpha value is -2.47. The molecule has 1 amide bonds. The Kier molecular flexibility index (Phi) is 5.05. The smallest absolute Gasteiger partial charge is 0.264 e. The summed E-state index contributed by atoms with van der Waals surface area (Å²) < 4.78 is 5.56. The first-order chi connectivity index (χ1) is 11.6. The molecule has 0 radical (unpaired) electrons. The van der Waals surface area contributed by atoms with E-state index in [1.54, 1.807) is 0 Å². The molecule has 0 aliphatic heterocycles. The SMILES string of the molecule is CC(C)Cc1nnc(NC(=O)COc2ccc3ccccc3c2)s1. The van der Waals surface area contributed by atoms with Gasteiger partial charge in [-0.05, 0) is 28.8 Å². The van der Waals surface area contributed by atoms with Crippen molar-refractivity contribution in [3.63, 3.8) is 0 Å². The van der Waals surface area contributed by atoms with Crippen LogP contribution < -0.4 is 10.1 Å². The topological polar surface area (TPSA) is 64.1 Å². The third kappa shape index (κ3) is 4.29. The molecule has 0 bridgehead atoms. The van der Waals surface area contributed by atoms with E-state index in [2.05, 4.69) is 29.4 Å². The molecule has 1 N–H and O–H groups in total.